The molecule has 8 nitrogen and oxygen atoms in total. The van der Waals surface area contributed by atoms with Crippen LogP contribution in [0.4, 0.5) is 0 Å². The van der Waals surface area contributed by atoms with Gasteiger partial charge in [0.15, 0.2) is 0 Å². The first-order chi connectivity index (χ1) is 18.0. The standard InChI is InChI=1S/C28H37N3O5S2/c1-21(2)17-31-25(16-29-28(31)37(32,33)20-24-9-6-5-8-23(24)4)18-30(19-26-10-7-15-36-26)38(34,35)27-13-11-22(3)12-14-27/h5-6,8-9,11-14,16,21,26H,7,10,15,17-20H2,1-4H3. The number of benzene rings is 2. The van der Waals surface area contributed by atoms with Gasteiger partial charge < -0.3 is 9.30 Å². The van der Waals surface area contributed by atoms with E-state index in [4.69, 9.17) is 4.74 Å². The fourth-order valence-electron chi connectivity index (χ4n) is 4.67. The number of sulfone groups is 1. The smallest absolute Gasteiger partial charge is 0.243 e. The molecular formula is C28H37N3O5S2. The van der Waals surface area contributed by atoms with Crippen LogP contribution in [0, 0.1) is 19.8 Å². The molecule has 1 saturated heterocycles. The van der Waals surface area contributed by atoms with Gasteiger partial charge in [0.25, 0.3) is 0 Å². The van der Waals surface area contributed by atoms with Crippen LogP contribution in [0.5, 0.6) is 0 Å². The van der Waals surface area contributed by atoms with Crippen molar-refractivity contribution in [1.82, 2.24) is 13.9 Å². The summed E-state index contributed by atoms with van der Waals surface area (Å²) in [4.78, 5) is 4.54. The molecule has 4 rings (SSSR count). The van der Waals surface area contributed by atoms with E-state index in [9.17, 15) is 16.8 Å². The first kappa shape index (κ1) is 28.5. The topological polar surface area (TPSA) is 98.6 Å². The van der Waals surface area contributed by atoms with Crippen molar-refractivity contribution >= 4 is 19.9 Å². The molecular weight excluding hydrogens is 522 g/mol. The van der Waals surface area contributed by atoms with Crippen LogP contribution in [0.3, 0.4) is 0 Å². The molecule has 1 aromatic heterocycles. The molecule has 2 aromatic carbocycles. The molecule has 0 N–H and O–H groups in total. The highest BCUT2D eigenvalue weighted by molar-refractivity contribution is 7.90. The molecule has 3 aromatic rings. The van der Waals surface area contributed by atoms with Crippen molar-refractivity contribution < 1.29 is 21.6 Å². The minimum absolute atomic E-state index is 0.00429. The van der Waals surface area contributed by atoms with E-state index >= 15 is 0 Å². The number of rotatable bonds is 11. The summed E-state index contributed by atoms with van der Waals surface area (Å²) >= 11 is 0. The summed E-state index contributed by atoms with van der Waals surface area (Å²) in [5.74, 6) is -0.0501. The molecule has 1 atom stereocenters. The molecule has 1 aliphatic heterocycles. The quantitative estimate of drug-likeness (QED) is 0.343. The van der Waals surface area contributed by atoms with Gasteiger partial charge in [0.05, 0.1) is 35.2 Å². The van der Waals surface area contributed by atoms with Gasteiger partial charge in [-0.05, 0) is 55.9 Å². The fourth-order valence-corrected chi connectivity index (χ4v) is 7.72. The second-order valence-corrected chi connectivity index (χ2v) is 14.3. The molecule has 0 bridgehead atoms. The first-order valence-corrected chi connectivity index (χ1v) is 16.1. The Morgan fingerprint density at radius 3 is 2.39 bits per heavy atom. The van der Waals surface area contributed by atoms with E-state index in [1.54, 1.807) is 34.9 Å². The molecule has 0 amide bonds. The van der Waals surface area contributed by atoms with Gasteiger partial charge in [0.1, 0.15) is 0 Å². The SMILES string of the molecule is Cc1ccc(S(=O)(=O)N(Cc2cnc(S(=O)(=O)Cc3ccccc3C)n2CC(C)C)CC2CCCO2)cc1. The van der Waals surface area contributed by atoms with E-state index in [0.29, 0.717) is 18.8 Å². The maximum Gasteiger partial charge on any atom is 0.243 e. The van der Waals surface area contributed by atoms with Gasteiger partial charge in [-0.2, -0.15) is 4.31 Å². The second-order valence-electron chi connectivity index (χ2n) is 10.5. The number of aryl methyl sites for hydroxylation is 2. The Labute approximate surface area is 226 Å². The highest BCUT2D eigenvalue weighted by Gasteiger charge is 2.32. The van der Waals surface area contributed by atoms with Crippen LogP contribution < -0.4 is 0 Å². The van der Waals surface area contributed by atoms with Crippen LogP contribution in [0.2, 0.25) is 0 Å². The Kier molecular flexibility index (Phi) is 8.76. The van der Waals surface area contributed by atoms with Crippen molar-refractivity contribution in [3.63, 3.8) is 0 Å². The van der Waals surface area contributed by atoms with Crippen molar-refractivity contribution in [3.8, 4) is 0 Å². The molecule has 206 valence electrons. The van der Waals surface area contributed by atoms with Crippen LogP contribution in [0.1, 0.15) is 49.1 Å². The van der Waals surface area contributed by atoms with Crippen molar-refractivity contribution in [2.45, 2.75) is 75.5 Å². The largest absolute Gasteiger partial charge is 0.377 e. The van der Waals surface area contributed by atoms with E-state index in [1.165, 1.54) is 10.5 Å². The number of hydrogen-bond donors (Lipinski definition) is 0. The number of sulfonamides is 1. The molecule has 0 radical (unpaired) electrons. The summed E-state index contributed by atoms with van der Waals surface area (Å²) in [6.45, 7) is 8.97. The molecule has 38 heavy (non-hydrogen) atoms. The number of imidazole rings is 1. The summed E-state index contributed by atoms with van der Waals surface area (Å²) in [6.07, 6.45) is 2.96. The Bertz CT molecular complexity index is 1460. The minimum atomic E-state index is -3.87. The van der Waals surface area contributed by atoms with Crippen molar-refractivity contribution in [2.24, 2.45) is 5.92 Å². The van der Waals surface area contributed by atoms with Crippen molar-refractivity contribution in [1.29, 1.82) is 0 Å². The molecule has 0 saturated carbocycles. The average molecular weight is 560 g/mol. The lowest BCUT2D eigenvalue weighted by atomic mass is 10.1. The number of nitrogens with zero attached hydrogens (tertiary/aromatic N) is 3. The first-order valence-electron chi connectivity index (χ1n) is 13.0. The number of ether oxygens (including phenoxy) is 1. The fraction of sp³-hybridized carbons (Fsp3) is 0.464. The minimum Gasteiger partial charge on any atom is -0.377 e. The normalized spacial score (nSPS) is 16.5. The average Bonchev–Trinajstić information content (AvgIpc) is 3.50. The third-order valence-corrected chi connectivity index (χ3v) is 10.2. The summed E-state index contributed by atoms with van der Waals surface area (Å²) in [5.41, 5.74) is 3.11. The van der Waals surface area contributed by atoms with E-state index in [2.05, 4.69) is 4.98 Å². The van der Waals surface area contributed by atoms with Gasteiger partial charge in [-0.15, -0.1) is 0 Å². The molecule has 10 heteroatoms. The zero-order chi connectivity index (χ0) is 27.5. The summed E-state index contributed by atoms with van der Waals surface area (Å²) in [6, 6.07) is 14.2. The molecule has 1 fully saturated rings. The monoisotopic (exact) mass is 559 g/mol. The maximum atomic E-state index is 13.8. The Balaban J connectivity index is 1.72. The molecule has 1 aliphatic rings. The van der Waals surface area contributed by atoms with E-state index < -0.39 is 19.9 Å². The molecule has 1 unspecified atom stereocenters. The Morgan fingerprint density at radius 2 is 1.76 bits per heavy atom. The van der Waals surface area contributed by atoms with Crippen LogP contribution in [0.15, 0.2) is 64.8 Å². The van der Waals surface area contributed by atoms with E-state index in [0.717, 1.165) is 29.5 Å². The Morgan fingerprint density at radius 1 is 1.05 bits per heavy atom. The summed E-state index contributed by atoms with van der Waals surface area (Å²) in [5, 5.41) is -0.0331. The predicted molar refractivity (Wildman–Crippen MR) is 147 cm³/mol. The lowest BCUT2D eigenvalue weighted by molar-refractivity contribution is 0.0921. The zero-order valence-electron chi connectivity index (χ0n) is 22.5. The van der Waals surface area contributed by atoms with Crippen LogP contribution in [-0.2, 0) is 43.4 Å². The second kappa shape index (κ2) is 11.7. The van der Waals surface area contributed by atoms with Crippen LogP contribution in [0.25, 0.3) is 0 Å². The Hall–Kier alpha value is -2.53. The van der Waals surface area contributed by atoms with Gasteiger partial charge in [-0.25, -0.2) is 21.8 Å². The van der Waals surface area contributed by atoms with Gasteiger partial charge >= 0.3 is 0 Å². The highest BCUT2D eigenvalue weighted by Crippen LogP contribution is 2.26. The number of hydrogen-bond acceptors (Lipinski definition) is 6. The highest BCUT2D eigenvalue weighted by atomic mass is 32.2. The van der Waals surface area contributed by atoms with Crippen molar-refractivity contribution in [2.75, 3.05) is 13.2 Å². The lowest BCUT2D eigenvalue weighted by Gasteiger charge is -2.26. The summed E-state index contributed by atoms with van der Waals surface area (Å²) < 4.78 is 63.5. The van der Waals surface area contributed by atoms with Crippen LogP contribution >= 0.6 is 0 Å². The number of aromatic nitrogens is 2. The van der Waals surface area contributed by atoms with Crippen molar-refractivity contribution in [3.05, 3.63) is 77.1 Å². The molecule has 0 spiro atoms. The third-order valence-electron chi connectivity index (χ3n) is 6.76. The maximum absolute atomic E-state index is 13.8. The third kappa shape index (κ3) is 6.54. The summed E-state index contributed by atoms with van der Waals surface area (Å²) in [7, 11) is -7.65. The van der Waals surface area contributed by atoms with Gasteiger partial charge in [0.2, 0.25) is 25.0 Å². The lowest BCUT2D eigenvalue weighted by Crippen LogP contribution is -2.37. The molecule has 0 aliphatic carbocycles. The van der Waals surface area contributed by atoms with Gasteiger partial charge in [-0.3, -0.25) is 0 Å². The molecule has 2 heterocycles. The van der Waals surface area contributed by atoms with Gasteiger partial charge in [0, 0.05) is 19.7 Å². The van der Waals surface area contributed by atoms with E-state index in [-0.39, 0.29) is 40.9 Å². The predicted octanol–water partition coefficient (Wildman–Crippen LogP) is 4.50. The van der Waals surface area contributed by atoms with E-state index in [1.807, 2.05) is 45.9 Å². The zero-order valence-corrected chi connectivity index (χ0v) is 24.1. The van der Waals surface area contributed by atoms with Gasteiger partial charge in [-0.1, -0.05) is 55.8 Å². The van der Waals surface area contributed by atoms with Crippen LogP contribution in [-0.4, -0.2) is 49.9 Å².